The number of hydrogen-bond donors (Lipinski definition) is 0. The molecule has 1 aliphatic rings. The molecule has 0 saturated heterocycles. The molecule has 1 aromatic rings. The van der Waals surface area contributed by atoms with Crippen LogP contribution in [0.3, 0.4) is 0 Å². The maximum atomic E-state index is 11.9. The summed E-state index contributed by atoms with van der Waals surface area (Å²) in [5, 5.41) is 11.9. The Bertz CT molecular complexity index is 571. The van der Waals surface area contributed by atoms with E-state index in [0.717, 1.165) is 11.1 Å². The van der Waals surface area contributed by atoms with Gasteiger partial charge in [0.05, 0.1) is 0 Å². The summed E-state index contributed by atoms with van der Waals surface area (Å²) in [6.45, 7) is 19.2. The molecule has 0 saturated carbocycles. The minimum absolute atomic E-state index is 0. The molecule has 0 unspecified atom stereocenters. The van der Waals surface area contributed by atoms with Crippen molar-refractivity contribution in [1.82, 2.24) is 0 Å². The fourth-order valence-electron chi connectivity index (χ4n) is 2.89. The summed E-state index contributed by atoms with van der Waals surface area (Å²) in [5.74, 6) is 2.35. The maximum Gasteiger partial charge on any atom is 0.0226 e. The average molecular weight is 392 g/mol. The monoisotopic (exact) mass is 392 g/mol. The molecule has 0 N–H and O–H groups in total. The smallest absolute Gasteiger partial charge is 0.0226 e. The van der Waals surface area contributed by atoms with Crippen molar-refractivity contribution in [1.29, 1.82) is 0 Å². The Morgan fingerprint density at radius 1 is 0.654 bits per heavy atom. The first-order valence-electron chi connectivity index (χ1n) is 8.58. The molecule has 147 valence electrons. The fraction of sp³-hybridized carbons (Fsp3) is 0.542. The van der Waals surface area contributed by atoms with Crippen LogP contribution >= 0.6 is 0 Å². The summed E-state index contributed by atoms with van der Waals surface area (Å²) in [7, 11) is 0. The van der Waals surface area contributed by atoms with Gasteiger partial charge >= 0.3 is 0 Å². The van der Waals surface area contributed by atoms with Crippen LogP contribution in [-0.2, 0) is 21.7 Å². The van der Waals surface area contributed by atoms with Crippen LogP contribution < -0.4 is 5.11 Å². The molecular formula is C24H40OTi-. The molecule has 0 heterocycles. The molecule has 1 radical (unpaired) electrons. The predicted octanol–water partition coefficient (Wildman–Crippen LogP) is 7.54. The fourth-order valence-corrected chi connectivity index (χ4v) is 2.89. The molecule has 0 fully saturated rings. The van der Waals surface area contributed by atoms with Gasteiger partial charge in [-0.2, -0.15) is 0 Å². The minimum atomic E-state index is 0. The third-order valence-corrected chi connectivity index (χ3v) is 5.13. The van der Waals surface area contributed by atoms with Gasteiger partial charge in [-0.3, -0.25) is 0 Å². The van der Waals surface area contributed by atoms with Crippen LogP contribution in [0.1, 0.15) is 100 Å². The van der Waals surface area contributed by atoms with Crippen molar-refractivity contribution >= 4 is 0 Å². The zero-order chi connectivity index (χ0) is 17.9. The van der Waals surface area contributed by atoms with Crippen LogP contribution in [0, 0.1) is 5.92 Å². The van der Waals surface area contributed by atoms with Crippen LogP contribution in [0.25, 0.3) is 0 Å². The Labute approximate surface area is 178 Å². The van der Waals surface area contributed by atoms with E-state index in [-0.39, 0.29) is 42.3 Å². The summed E-state index contributed by atoms with van der Waals surface area (Å²) >= 11 is 0. The topological polar surface area (TPSA) is 23.1 Å². The molecular weight excluding hydrogens is 352 g/mol. The minimum Gasteiger partial charge on any atom is -0.872 e. The van der Waals surface area contributed by atoms with E-state index >= 15 is 0 Å². The van der Waals surface area contributed by atoms with Crippen molar-refractivity contribution in [3.63, 3.8) is 0 Å². The van der Waals surface area contributed by atoms with Crippen LogP contribution in [0.5, 0.6) is 5.75 Å². The maximum absolute atomic E-state index is 11.9. The molecule has 26 heavy (non-hydrogen) atoms. The van der Waals surface area contributed by atoms with Gasteiger partial charge in [0, 0.05) is 27.6 Å². The van der Waals surface area contributed by atoms with Crippen molar-refractivity contribution in [2.24, 2.45) is 0 Å². The Hall–Kier alpha value is -0.786. The van der Waals surface area contributed by atoms with Gasteiger partial charge in [-0.15, -0.1) is 5.75 Å². The van der Waals surface area contributed by atoms with E-state index < -0.39 is 0 Å². The average Bonchev–Trinajstić information content (AvgIpc) is 2.65. The van der Waals surface area contributed by atoms with Gasteiger partial charge in [0.2, 0.25) is 0 Å². The Balaban J connectivity index is -0.000000374. The molecule has 2 rings (SSSR count). The largest absolute Gasteiger partial charge is 0.872 e. The molecule has 0 bridgehead atoms. The number of hydrogen-bond acceptors (Lipinski definition) is 1. The Morgan fingerprint density at radius 2 is 0.962 bits per heavy atom. The zero-order valence-electron chi connectivity index (χ0n) is 16.8. The molecule has 0 amide bonds. The third kappa shape index (κ3) is 6.74. The number of allylic oxidation sites excluding steroid dienone is 4. The molecule has 2 heteroatoms. The molecule has 1 aromatic carbocycles. The summed E-state index contributed by atoms with van der Waals surface area (Å²) < 4.78 is 0. The van der Waals surface area contributed by atoms with Gasteiger partial charge < -0.3 is 5.11 Å². The van der Waals surface area contributed by atoms with Crippen LogP contribution in [-0.4, -0.2) is 0 Å². The predicted molar refractivity (Wildman–Crippen MR) is 113 cm³/mol. The first-order valence-corrected chi connectivity index (χ1v) is 8.58. The third-order valence-electron chi connectivity index (χ3n) is 5.13. The van der Waals surface area contributed by atoms with Gasteiger partial charge in [-0.1, -0.05) is 89.9 Å². The van der Waals surface area contributed by atoms with Crippen LogP contribution in [0.4, 0.5) is 0 Å². The molecule has 1 aliphatic carbocycles. The van der Waals surface area contributed by atoms with Crippen molar-refractivity contribution in [3.05, 3.63) is 57.5 Å². The number of rotatable bonds is 2. The summed E-state index contributed by atoms with van der Waals surface area (Å²) in [6, 6.07) is 5.84. The molecule has 0 atom stereocenters. The normalized spacial score (nSPS) is 13.8. The second-order valence-corrected chi connectivity index (χ2v) is 7.20. The van der Waals surface area contributed by atoms with Crippen LogP contribution in [0.2, 0.25) is 0 Å². The molecule has 1 nitrogen and oxygen atoms in total. The van der Waals surface area contributed by atoms with E-state index in [9.17, 15) is 5.11 Å². The van der Waals surface area contributed by atoms with E-state index in [2.05, 4.69) is 62.3 Å². The first kappa shape index (κ1) is 30.0. The SMILES string of the molecule is C.C.CC(C)c1cccc(C(C)C)c1[O-].C[C]1C(C)=C(C)C(C)=C1C.[Ti]. The Kier molecular flexibility index (Phi) is 14.5. The van der Waals surface area contributed by atoms with E-state index in [1.165, 1.54) is 28.2 Å². The Morgan fingerprint density at radius 3 is 1.15 bits per heavy atom. The quantitative estimate of drug-likeness (QED) is 0.477. The van der Waals surface area contributed by atoms with Gasteiger partial charge in [0.25, 0.3) is 0 Å². The van der Waals surface area contributed by atoms with Gasteiger partial charge in [-0.25, -0.2) is 0 Å². The van der Waals surface area contributed by atoms with Crippen molar-refractivity contribution in [2.45, 2.75) is 89.0 Å². The van der Waals surface area contributed by atoms with E-state index in [4.69, 9.17) is 0 Å². The number of para-hydroxylation sites is 1. The van der Waals surface area contributed by atoms with Gasteiger partial charge in [0.1, 0.15) is 0 Å². The molecule has 0 aromatic heterocycles. The zero-order valence-corrected chi connectivity index (χ0v) is 18.4. The summed E-state index contributed by atoms with van der Waals surface area (Å²) in [4.78, 5) is 0. The number of benzene rings is 1. The van der Waals surface area contributed by atoms with E-state index in [0.29, 0.717) is 11.8 Å². The second-order valence-electron chi connectivity index (χ2n) is 7.20. The van der Waals surface area contributed by atoms with E-state index in [1.807, 2.05) is 18.2 Å². The summed E-state index contributed by atoms with van der Waals surface area (Å²) in [5.41, 5.74) is 7.74. The van der Waals surface area contributed by atoms with Crippen molar-refractivity contribution in [3.8, 4) is 5.75 Å². The van der Waals surface area contributed by atoms with Gasteiger partial charge in [-0.05, 0) is 50.7 Å². The molecule has 0 spiro atoms. The van der Waals surface area contributed by atoms with Crippen molar-refractivity contribution in [2.75, 3.05) is 0 Å². The van der Waals surface area contributed by atoms with Crippen LogP contribution in [0.15, 0.2) is 40.5 Å². The van der Waals surface area contributed by atoms with Crippen molar-refractivity contribution < 1.29 is 26.8 Å². The first-order chi connectivity index (χ1) is 10.6. The van der Waals surface area contributed by atoms with Gasteiger partial charge in [0.15, 0.2) is 0 Å². The summed E-state index contributed by atoms with van der Waals surface area (Å²) in [6.07, 6.45) is 0. The second kappa shape index (κ2) is 12.6. The molecule has 0 aliphatic heterocycles. The standard InChI is InChI=1S/C12H18O.C10H15.2CH4.Ti/c1-8(2)10-6-5-7-11(9(3)4)12(10)13;1-6-7(2)9(4)10(5)8(6)3;;;/h5-9,13H,1-4H3;1-5H3;2*1H4;/p-1. The van der Waals surface area contributed by atoms with E-state index in [1.54, 1.807) is 0 Å².